The van der Waals surface area contributed by atoms with E-state index in [1.54, 1.807) is 14.2 Å². The summed E-state index contributed by atoms with van der Waals surface area (Å²) in [6.07, 6.45) is 4.21. The summed E-state index contributed by atoms with van der Waals surface area (Å²) < 4.78 is 10.7. The first kappa shape index (κ1) is 9.44. The third-order valence-corrected chi connectivity index (χ3v) is 2.58. The zero-order valence-electron chi connectivity index (χ0n) is 8.44. The molecule has 0 fully saturated rings. The van der Waals surface area contributed by atoms with Crippen LogP contribution in [-0.2, 0) is 9.47 Å². The van der Waals surface area contributed by atoms with Gasteiger partial charge in [-0.2, -0.15) is 0 Å². The van der Waals surface area contributed by atoms with Gasteiger partial charge in [-0.1, -0.05) is 36.4 Å². The van der Waals surface area contributed by atoms with Crippen molar-refractivity contribution in [1.82, 2.24) is 0 Å². The molecule has 0 unspecified atom stereocenters. The molecule has 0 aliphatic heterocycles. The van der Waals surface area contributed by atoms with Gasteiger partial charge in [-0.15, -0.1) is 0 Å². The van der Waals surface area contributed by atoms with Gasteiger partial charge in [-0.25, -0.2) is 0 Å². The Hall–Kier alpha value is -1.12. The molecule has 0 saturated heterocycles. The Labute approximate surface area is 84.2 Å². The summed E-state index contributed by atoms with van der Waals surface area (Å²) in [7, 11) is 3.44. The normalized spacial score (nSPS) is 24.7. The number of ether oxygens (including phenoxy) is 2. The number of fused-ring (bicyclic) bond motifs is 1. The Bertz CT molecular complexity index is 311. The van der Waals surface area contributed by atoms with Crippen LogP contribution in [-0.4, -0.2) is 14.2 Å². The molecule has 0 saturated carbocycles. The second kappa shape index (κ2) is 3.95. The minimum atomic E-state index is 0.0672. The van der Waals surface area contributed by atoms with Crippen LogP contribution < -0.4 is 0 Å². The van der Waals surface area contributed by atoms with Crippen LogP contribution in [0.2, 0.25) is 0 Å². The van der Waals surface area contributed by atoms with E-state index < -0.39 is 0 Å². The molecular weight excluding hydrogens is 176 g/mol. The summed E-state index contributed by atoms with van der Waals surface area (Å²) in [4.78, 5) is 0. The van der Waals surface area contributed by atoms with Gasteiger partial charge < -0.3 is 9.47 Å². The molecule has 0 bridgehead atoms. The molecule has 2 heteroatoms. The molecule has 1 aliphatic carbocycles. The minimum Gasteiger partial charge on any atom is -0.373 e. The van der Waals surface area contributed by atoms with Crippen molar-refractivity contribution < 1.29 is 9.47 Å². The Morgan fingerprint density at radius 3 is 1.64 bits per heavy atom. The Balaban J connectivity index is 2.44. The lowest BCUT2D eigenvalue weighted by Gasteiger charge is -2.24. The van der Waals surface area contributed by atoms with Crippen molar-refractivity contribution >= 4 is 0 Å². The van der Waals surface area contributed by atoms with Crippen LogP contribution in [0.1, 0.15) is 23.3 Å². The number of hydrogen-bond acceptors (Lipinski definition) is 2. The van der Waals surface area contributed by atoms with Gasteiger partial charge >= 0.3 is 0 Å². The van der Waals surface area contributed by atoms with Crippen LogP contribution in [0, 0.1) is 0 Å². The second-order valence-corrected chi connectivity index (χ2v) is 3.33. The predicted molar refractivity (Wildman–Crippen MR) is 55.1 cm³/mol. The molecule has 0 N–H and O–H groups in total. The second-order valence-electron chi connectivity index (χ2n) is 3.33. The largest absolute Gasteiger partial charge is 0.373 e. The lowest BCUT2D eigenvalue weighted by atomic mass is 9.92. The molecule has 74 valence electrons. The molecule has 1 aromatic carbocycles. The third kappa shape index (κ3) is 1.47. The van der Waals surface area contributed by atoms with E-state index in [0.29, 0.717) is 0 Å². The first-order valence-electron chi connectivity index (χ1n) is 4.69. The number of methoxy groups -OCH3 is 2. The highest BCUT2D eigenvalue weighted by atomic mass is 16.5. The molecule has 1 aromatic rings. The van der Waals surface area contributed by atoms with Crippen molar-refractivity contribution in [2.45, 2.75) is 12.2 Å². The topological polar surface area (TPSA) is 18.5 Å². The fourth-order valence-corrected chi connectivity index (χ4v) is 1.85. The van der Waals surface area contributed by atoms with Gasteiger partial charge in [0.25, 0.3) is 0 Å². The Morgan fingerprint density at radius 2 is 1.29 bits per heavy atom. The maximum absolute atomic E-state index is 5.37. The van der Waals surface area contributed by atoms with E-state index in [2.05, 4.69) is 12.1 Å². The van der Waals surface area contributed by atoms with Crippen LogP contribution in [0.3, 0.4) is 0 Å². The molecule has 1 aliphatic rings. The summed E-state index contributed by atoms with van der Waals surface area (Å²) in [6, 6.07) is 8.21. The van der Waals surface area contributed by atoms with E-state index in [9.17, 15) is 0 Å². The minimum absolute atomic E-state index is 0.0672. The molecule has 2 rings (SSSR count). The van der Waals surface area contributed by atoms with E-state index in [4.69, 9.17) is 9.47 Å². The van der Waals surface area contributed by atoms with Crippen LogP contribution in [0.5, 0.6) is 0 Å². The number of benzene rings is 1. The fourth-order valence-electron chi connectivity index (χ4n) is 1.85. The van der Waals surface area contributed by atoms with Crippen LogP contribution in [0.15, 0.2) is 36.4 Å². The standard InChI is InChI=1S/C12H14O2/c1-13-11-7-8-12(14-2)10-6-4-3-5-9(10)11/h3-8,11-12H,1-2H3/t11-,12+. The van der Waals surface area contributed by atoms with Gasteiger partial charge in [0.15, 0.2) is 0 Å². The molecule has 0 radical (unpaired) electrons. The molecule has 2 nitrogen and oxygen atoms in total. The number of rotatable bonds is 2. The molecule has 0 amide bonds. The van der Waals surface area contributed by atoms with Crippen molar-refractivity contribution in [2.75, 3.05) is 14.2 Å². The molecule has 14 heavy (non-hydrogen) atoms. The van der Waals surface area contributed by atoms with Gasteiger partial charge in [-0.3, -0.25) is 0 Å². The fraction of sp³-hybridized carbons (Fsp3) is 0.333. The average Bonchev–Trinajstić information content (AvgIpc) is 2.27. The monoisotopic (exact) mass is 190 g/mol. The van der Waals surface area contributed by atoms with Gasteiger partial charge in [0, 0.05) is 14.2 Å². The van der Waals surface area contributed by atoms with Gasteiger partial charge in [-0.05, 0) is 11.1 Å². The highest BCUT2D eigenvalue weighted by molar-refractivity contribution is 5.38. The van der Waals surface area contributed by atoms with E-state index in [1.165, 1.54) is 11.1 Å². The van der Waals surface area contributed by atoms with E-state index >= 15 is 0 Å². The van der Waals surface area contributed by atoms with Gasteiger partial charge in [0.05, 0.1) is 0 Å². The smallest absolute Gasteiger partial charge is 0.101 e. The molecule has 2 atom stereocenters. The zero-order valence-corrected chi connectivity index (χ0v) is 8.44. The summed E-state index contributed by atoms with van der Waals surface area (Å²) in [5.41, 5.74) is 2.40. The van der Waals surface area contributed by atoms with E-state index in [0.717, 1.165) is 0 Å². The molecular formula is C12H14O2. The van der Waals surface area contributed by atoms with Crippen molar-refractivity contribution in [2.24, 2.45) is 0 Å². The Morgan fingerprint density at radius 1 is 0.857 bits per heavy atom. The van der Waals surface area contributed by atoms with Gasteiger partial charge in [0.2, 0.25) is 0 Å². The zero-order chi connectivity index (χ0) is 9.97. The average molecular weight is 190 g/mol. The van der Waals surface area contributed by atoms with Gasteiger partial charge in [0.1, 0.15) is 12.2 Å². The molecule has 0 spiro atoms. The lowest BCUT2D eigenvalue weighted by Crippen LogP contribution is -2.11. The maximum Gasteiger partial charge on any atom is 0.101 e. The van der Waals surface area contributed by atoms with E-state index in [1.807, 2.05) is 24.3 Å². The van der Waals surface area contributed by atoms with Crippen molar-refractivity contribution in [3.8, 4) is 0 Å². The van der Waals surface area contributed by atoms with E-state index in [-0.39, 0.29) is 12.2 Å². The Kier molecular flexibility index (Phi) is 2.66. The van der Waals surface area contributed by atoms with Crippen LogP contribution in [0.25, 0.3) is 0 Å². The van der Waals surface area contributed by atoms with Crippen LogP contribution >= 0.6 is 0 Å². The van der Waals surface area contributed by atoms with Crippen LogP contribution in [0.4, 0.5) is 0 Å². The predicted octanol–water partition coefficient (Wildman–Crippen LogP) is 2.63. The summed E-state index contributed by atoms with van der Waals surface area (Å²) in [5, 5.41) is 0. The quantitative estimate of drug-likeness (QED) is 0.667. The molecule has 0 heterocycles. The summed E-state index contributed by atoms with van der Waals surface area (Å²) in [6.45, 7) is 0. The third-order valence-electron chi connectivity index (χ3n) is 2.58. The molecule has 0 aromatic heterocycles. The van der Waals surface area contributed by atoms with Crippen molar-refractivity contribution in [1.29, 1.82) is 0 Å². The van der Waals surface area contributed by atoms with Crippen molar-refractivity contribution in [3.05, 3.63) is 47.5 Å². The number of hydrogen-bond donors (Lipinski definition) is 0. The highest BCUT2D eigenvalue weighted by Gasteiger charge is 2.21. The SMILES string of the molecule is CO[C@H]1C=C[C@@H](OC)c2ccccc21. The van der Waals surface area contributed by atoms with Crippen molar-refractivity contribution in [3.63, 3.8) is 0 Å². The first-order valence-corrected chi connectivity index (χ1v) is 4.69. The highest BCUT2D eigenvalue weighted by Crippen LogP contribution is 2.33. The summed E-state index contributed by atoms with van der Waals surface area (Å²) >= 11 is 0. The maximum atomic E-state index is 5.37. The first-order chi connectivity index (χ1) is 6.86. The summed E-state index contributed by atoms with van der Waals surface area (Å²) in [5.74, 6) is 0. The lowest BCUT2D eigenvalue weighted by molar-refractivity contribution is 0.111.